The predicted octanol–water partition coefficient (Wildman–Crippen LogP) is 3.41. The Bertz CT molecular complexity index is 1390. The van der Waals surface area contributed by atoms with Crippen molar-refractivity contribution in [1.82, 2.24) is 20.5 Å². The Morgan fingerprint density at radius 2 is 1.91 bits per heavy atom. The van der Waals surface area contributed by atoms with E-state index in [2.05, 4.69) is 30.7 Å². The number of pyridine rings is 1. The van der Waals surface area contributed by atoms with Crippen LogP contribution in [0.15, 0.2) is 59.5 Å². The van der Waals surface area contributed by atoms with Gasteiger partial charge in [0.15, 0.2) is 11.6 Å². The van der Waals surface area contributed by atoms with E-state index in [1.165, 1.54) is 18.3 Å². The molecule has 0 unspecified atom stereocenters. The minimum atomic E-state index is -0.520. The van der Waals surface area contributed by atoms with Crippen LogP contribution in [0.3, 0.4) is 0 Å². The summed E-state index contributed by atoms with van der Waals surface area (Å²) < 4.78 is 25.4. The monoisotopic (exact) mass is 462 g/mol. The maximum atomic E-state index is 14.1. The summed E-state index contributed by atoms with van der Waals surface area (Å²) in [5, 5.41) is 13.6. The van der Waals surface area contributed by atoms with Gasteiger partial charge in [0, 0.05) is 49.4 Å². The zero-order valence-electron chi connectivity index (χ0n) is 18.5. The van der Waals surface area contributed by atoms with Crippen LogP contribution >= 0.6 is 0 Å². The number of aromatic nitrogens is 3. The van der Waals surface area contributed by atoms with E-state index in [1.54, 1.807) is 25.3 Å². The van der Waals surface area contributed by atoms with Gasteiger partial charge < -0.3 is 25.0 Å². The van der Waals surface area contributed by atoms with Crippen molar-refractivity contribution in [1.29, 1.82) is 0 Å². The number of hydrogen-bond donors (Lipinski definition) is 3. The van der Waals surface area contributed by atoms with Gasteiger partial charge >= 0.3 is 0 Å². The number of para-hydroxylation sites is 1. The number of benzene rings is 2. The van der Waals surface area contributed by atoms with Gasteiger partial charge in [0.05, 0.1) is 24.4 Å². The molecule has 2 aromatic carbocycles. The molecule has 9 nitrogen and oxygen atoms in total. The summed E-state index contributed by atoms with van der Waals surface area (Å²) in [6, 6.07) is 13.4. The van der Waals surface area contributed by atoms with Crippen LogP contribution in [0.2, 0.25) is 0 Å². The summed E-state index contributed by atoms with van der Waals surface area (Å²) in [5.74, 6) is 0.450. The maximum Gasteiger partial charge on any atom is 0.275 e. The molecule has 1 saturated heterocycles. The molecule has 34 heavy (non-hydrogen) atoms. The highest BCUT2D eigenvalue weighted by Crippen LogP contribution is 2.34. The second-order valence-electron chi connectivity index (χ2n) is 7.75. The third kappa shape index (κ3) is 4.35. The Morgan fingerprint density at radius 1 is 1.09 bits per heavy atom. The number of H-pyrrole nitrogens is 1. The molecule has 1 fully saturated rings. The van der Waals surface area contributed by atoms with Crippen LogP contribution in [-0.2, 0) is 0 Å². The normalized spacial score (nSPS) is 13.6. The summed E-state index contributed by atoms with van der Waals surface area (Å²) in [7, 11) is 1.59. The lowest BCUT2D eigenvalue weighted by molar-refractivity contribution is 0.416. The Balaban J connectivity index is 1.53. The first-order chi connectivity index (χ1) is 16.6. The van der Waals surface area contributed by atoms with E-state index < -0.39 is 11.4 Å². The summed E-state index contributed by atoms with van der Waals surface area (Å²) >= 11 is 0. The standard InChI is InChI=1S/C24H23FN6O3/c1-33-20-13-16(31-10-8-26-9-11-31)6-7-18(20)28-23-22-15(14-27-30-24(22)32)12-21(29-23)34-19-5-3-2-4-17(19)25/h2-7,12-14,26H,8-11H2,1H3,(H,28,29)(H,30,32). The Labute approximate surface area is 194 Å². The Morgan fingerprint density at radius 3 is 2.71 bits per heavy atom. The van der Waals surface area contributed by atoms with Crippen LogP contribution in [0, 0.1) is 5.82 Å². The molecule has 4 aromatic rings. The number of aromatic amines is 1. The number of nitrogens with zero attached hydrogens (tertiary/aromatic N) is 3. The van der Waals surface area contributed by atoms with Gasteiger partial charge in [-0.2, -0.15) is 10.1 Å². The maximum absolute atomic E-state index is 14.1. The average molecular weight is 462 g/mol. The number of ether oxygens (including phenoxy) is 2. The lowest BCUT2D eigenvalue weighted by Crippen LogP contribution is -2.43. The number of rotatable bonds is 6. The lowest BCUT2D eigenvalue weighted by Gasteiger charge is -2.30. The van der Waals surface area contributed by atoms with Crippen molar-refractivity contribution in [2.75, 3.05) is 43.5 Å². The Hall–Kier alpha value is -4.18. The highest BCUT2D eigenvalue weighted by molar-refractivity contribution is 5.93. The van der Waals surface area contributed by atoms with Gasteiger partial charge in [-0.3, -0.25) is 4.79 Å². The van der Waals surface area contributed by atoms with Crippen LogP contribution in [0.5, 0.6) is 17.4 Å². The number of anilines is 3. The molecule has 3 N–H and O–H groups in total. The number of nitrogens with one attached hydrogen (secondary N) is 3. The third-order valence-electron chi connectivity index (χ3n) is 5.59. The number of hydrogen-bond acceptors (Lipinski definition) is 8. The number of methoxy groups -OCH3 is 1. The number of piperazine rings is 1. The Kier molecular flexibility index (Phi) is 5.96. The van der Waals surface area contributed by atoms with E-state index in [0.29, 0.717) is 22.2 Å². The van der Waals surface area contributed by atoms with Crippen molar-refractivity contribution < 1.29 is 13.9 Å². The number of fused-ring (bicyclic) bond motifs is 1. The lowest BCUT2D eigenvalue weighted by atomic mass is 10.2. The van der Waals surface area contributed by atoms with Gasteiger partial charge in [0.25, 0.3) is 5.56 Å². The molecular weight excluding hydrogens is 439 g/mol. The molecule has 1 aliphatic heterocycles. The molecule has 0 spiro atoms. The fourth-order valence-electron chi connectivity index (χ4n) is 3.91. The van der Waals surface area contributed by atoms with E-state index in [1.807, 2.05) is 18.2 Å². The number of halogens is 1. The topological polar surface area (TPSA) is 104 Å². The van der Waals surface area contributed by atoms with Crippen molar-refractivity contribution in [2.45, 2.75) is 0 Å². The first-order valence-electron chi connectivity index (χ1n) is 10.8. The molecule has 1 aliphatic rings. The van der Waals surface area contributed by atoms with Gasteiger partial charge in [-0.15, -0.1) is 0 Å². The second kappa shape index (κ2) is 9.36. The first kappa shape index (κ1) is 21.7. The van der Waals surface area contributed by atoms with E-state index in [9.17, 15) is 9.18 Å². The van der Waals surface area contributed by atoms with E-state index in [0.717, 1.165) is 31.9 Å². The highest BCUT2D eigenvalue weighted by atomic mass is 19.1. The van der Waals surface area contributed by atoms with Crippen molar-refractivity contribution in [3.8, 4) is 17.4 Å². The van der Waals surface area contributed by atoms with Gasteiger partial charge in [-0.05, 0) is 24.3 Å². The summed E-state index contributed by atoms with van der Waals surface area (Å²) in [6.45, 7) is 3.65. The summed E-state index contributed by atoms with van der Waals surface area (Å²) in [5.41, 5.74) is 1.25. The van der Waals surface area contributed by atoms with Crippen LogP contribution in [0.1, 0.15) is 0 Å². The third-order valence-corrected chi connectivity index (χ3v) is 5.59. The van der Waals surface area contributed by atoms with Crippen molar-refractivity contribution in [2.24, 2.45) is 0 Å². The van der Waals surface area contributed by atoms with Crippen molar-refractivity contribution in [3.05, 3.63) is 70.9 Å². The molecule has 0 bridgehead atoms. The molecular formula is C24H23FN6O3. The molecule has 10 heteroatoms. The fourth-order valence-corrected chi connectivity index (χ4v) is 3.91. The zero-order chi connectivity index (χ0) is 23.5. The van der Waals surface area contributed by atoms with Crippen molar-refractivity contribution >= 4 is 28.0 Å². The van der Waals surface area contributed by atoms with Gasteiger partial charge in [-0.25, -0.2) is 9.49 Å². The molecule has 0 amide bonds. The smallest absolute Gasteiger partial charge is 0.275 e. The second-order valence-corrected chi connectivity index (χ2v) is 7.75. The largest absolute Gasteiger partial charge is 0.494 e. The minimum absolute atomic E-state index is 0.0241. The summed E-state index contributed by atoms with van der Waals surface area (Å²) in [6.07, 6.45) is 1.49. The zero-order valence-corrected chi connectivity index (χ0v) is 18.5. The highest BCUT2D eigenvalue weighted by Gasteiger charge is 2.17. The first-order valence-corrected chi connectivity index (χ1v) is 10.8. The molecule has 174 valence electrons. The molecule has 5 rings (SSSR count). The van der Waals surface area contributed by atoms with Crippen LogP contribution in [0.25, 0.3) is 10.8 Å². The molecule has 0 radical (unpaired) electrons. The molecule has 0 saturated carbocycles. The van der Waals surface area contributed by atoms with Crippen LogP contribution < -0.4 is 30.6 Å². The summed E-state index contributed by atoms with van der Waals surface area (Å²) in [4.78, 5) is 19.3. The van der Waals surface area contributed by atoms with Gasteiger partial charge in [-0.1, -0.05) is 12.1 Å². The molecule has 0 aliphatic carbocycles. The van der Waals surface area contributed by atoms with E-state index in [4.69, 9.17) is 9.47 Å². The SMILES string of the molecule is COc1cc(N2CCNCC2)ccc1Nc1nc(Oc2ccccc2F)cc2cn[nH]c(=O)c12. The molecule has 2 aromatic heterocycles. The predicted molar refractivity (Wildman–Crippen MR) is 128 cm³/mol. The minimum Gasteiger partial charge on any atom is -0.494 e. The molecule has 3 heterocycles. The van der Waals surface area contributed by atoms with E-state index >= 15 is 0 Å². The average Bonchev–Trinajstić information content (AvgIpc) is 2.86. The van der Waals surface area contributed by atoms with Crippen molar-refractivity contribution in [3.63, 3.8) is 0 Å². The van der Waals surface area contributed by atoms with Gasteiger partial charge in [0.2, 0.25) is 5.88 Å². The van der Waals surface area contributed by atoms with Crippen LogP contribution in [0.4, 0.5) is 21.6 Å². The van der Waals surface area contributed by atoms with Gasteiger partial charge in [0.1, 0.15) is 11.6 Å². The van der Waals surface area contributed by atoms with E-state index in [-0.39, 0.29) is 17.4 Å². The fraction of sp³-hybridized carbons (Fsp3) is 0.208. The molecule has 0 atom stereocenters. The quantitative estimate of drug-likeness (QED) is 0.401. The van der Waals surface area contributed by atoms with Crippen LogP contribution in [-0.4, -0.2) is 48.5 Å².